The molecule has 0 heterocycles. The summed E-state index contributed by atoms with van der Waals surface area (Å²) >= 11 is 13.1. The Bertz CT molecular complexity index is 770. The van der Waals surface area contributed by atoms with Gasteiger partial charge in [0.1, 0.15) is 16.9 Å². The number of methoxy groups -OCH3 is 1. The minimum atomic E-state index is -0.461. The van der Waals surface area contributed by atoms with Gasteiger partial charge in [-0.05, 0) is 24.3 Å². The number of benzene rings is 2. The van der Waals surface area contributed by atoms with Crippen LogP contribution in [0.3, 0.4) is 0 Å². The Hall–Kier alpha value is -1.73. The molecule has 0 aliphatic heterocycles. The number of nitro benzene ring substituents is 1. The van der Waals surface area contributed by atoms with E-state index in [2.05, 4.69) is 6.58 Å². The van der Waals surface area contributed by atoms with Crippen molar-refractivity contribution >= 4 is 40.7 Å². The highest BCUT2D eigenvalue weighted by Gasteiger charge is 2.19. The lowest BCUT2D eigenvalue weighted by molar-refractivity contribution is -0.387. The van der Waals surface area contributed by atoms with Crippen molar-refractivity contribution in [1.29, 1.82) is 0 Å². The summed E-state index contributed by atoms with van der Waals surface area (Å²) in [5.41, 5.74) is -0.462. The number of thioether (sulfide) groups is 1. The molecule has 2 aromatic carbocycles. The van der Waals surface area contributed by atoms with E-state index < -0.39 is 10.4 Å². The Morgan fingerprint density at radius 2 is 2.04 bits per heavy atom. The third-order valence-electron chi connectivity index (χ3n) is 2.92. The maximum Gasteiger partial charge on any atom is 0.283 e. The van der Waals surface area contributed by atoms with Crippen molar-refractivity contribution in [2.75, 3.05) is 7.11 Å². The van der Waals surface area contributed by atoms with Crippen LogP contribution in [0.2, 0.25) is 10.0 Å². The minimum Gasteiger partial charge on any atom is -0.456 e. The number of hydrogen-bond acceptors (Lipinski definition) is 5. The normalized spacial score (nSPS) is 11.8. The first kappa shape index (κ1) is 18.6. The lowest BCUT2D eigenvalue weighted by Crippen LogP contribution is -2.01. The Labute approximate surface area is 153 Å². The zero-order valence-corrected chi connectivity index (χ0v) is 14.9. The van der Waals surface area contributed by atoms with Crippen molar-refractivity contribution in [3.63, 3.8) is 0 Å². The van der Waals surface area contributed by atoms with Crippen LogP contribution in [0.25, 0.3) is 0 Å². The van der Waals surface area contributed by atoms with Gasteiger partial charge in [-0.25, -0.2) is 0 Å². The van der Waals surface area contributed by atoms with Crippen molar-refractivity contribution < 1.29 is 14.4 Å². The molecule has 2 rings (SSSR count). The zero-order chi connectivity index (χ0) is 17.7. The quantitative estimate of drug-likeness (QED) is 0.194. The molecule has 2 aromatic rings. The molecular formula is C16H13Cl2NO4S. The summed E-state index contributed by atoms with van der Waals surface area (Å²) < 4.78 is 10.9. The molecule has 0 fully saturated rings. The van der Waals surface area contributed by atoms with Crippen molar-refractivity contribution in [3.05, 3.63) is 69.2 Å². The molecule has 8 heteroatoms. The molecule has 24 heavy (non-hydrogen) atoms. The standard InChI is InChI=1S/C16H13Cl2NO4S/c1-3-16(22-2)24-15-9-11(5-6-13(15)19(20)21)23-14-7-4-10(17)8-12(14)18/h3-9,16H,1H2,2H3. The zero-order valence-electron chi connectivity index (χ0n) is 12.6. The summed E-state index contributed by atoms with van der Waals surface area (Å²) in [6.07, 6.45) is 1.55. The molecule has 126 valence electrons. The fraction of sp³-hybridized carbons (Fsp3) is 0.125. The second-order valence-corrected chi connectivity index (χ2v) is 6.50. The molecular weight excluding hydrogens is 373 g/mol. The summed E-state index contributed by atoms with van der Waals surface area (Å²) in [4.78, 5) is 11.1. The number of ether oxygens (including phenoxy) is 2. The molecule has 0 amide bonds. The molecule has 0 aromatic heterocycles. The lowest BCUT2D eigenvalue weighted by Gasteiger charge is -2.12. The highest BCUT2D eigenvalue weighted by atomic mass is 35.5. The van der Waals surface area contributed by atoms with Crippen molar-refractivity contribution in [3.8, 4) is 11.5 Å². The van der Waals surface area contributed by atoms with Gasteiger partial charge in [0.05, 0.1) is 14.8 Å². The molecule has 0 N–H and O–H groups in total. The van der Waals surface area contributed by atoms with Crippen LogP contribution in [0.4, 0.5) is 5.69 Å². The number of hydrogen-bond donors (Lipinski definition) is 0. The average molecular weight is 386 g/mol. The van der Waals surface area contributed by atoms with Gasteiger partial charge in [-0.1, -0.05) is 47.6 Å². The average Bonchev–Trinajstić information content (AvgIpc) is 2.55. The van der Waals surface area contributed by atoms with Crippen LogP contribution >= 0.6 is 35.0 Å². The number of halogens is 2. The molecule has 0 radical (unpaired) electrons. The smallest absolute Gasteiger partial charge is 0.283 e. The van der Waals surface area contributed by atoms with Gasteiger partial charge < -0.3 is 9.47 Å². The third-order valence-corrected chi connectivity index (χ3v) is 4.65. The molecule has 1 atom stereocenters. The molecule has 0 aliphatic carbocycles. The second kappa shape index (κ2) is 8.39. The Morgan fingerprint density at radius 3 is 2.62 bits per heavy atom. The van der Waals surface area contributed by atoms with E-state index in [4.69, 9.17) is 32.7 Å². The maximum absolute atomic E-state index is 11.2. The number of nitrogens with zero attached hydrogens (tertiary/aromatic N) is 1. The summed E-state index contributed by atoms with van der Waals surface area (Å²) in [5.74, 6) is 0.809. The van der Waals surface area contributed by atoms with Crippen molar-refractivity contribution in [2.24, 2.45) is 0 Å². The van der Waals surface area contributed by atoms with Crippen LogP contribution in [0.5, 0.6) is 11.5 Å². The first-order valence-corrected chi connectivity index (χ1v) is 8.31. The summed E-state index contributed by atoms with van der Waals surface area (Å²) in [6, 6.07) is 9.25. The van der Waals surface area contributed by atoms with Crippen LogP contribution < -0.4 is 4.74 Å². The third kappa shape index (κ3) is 4.64. The fourth-order valence-electron chi connectivity index (χ4n) is 1.81. The Balaban J connectivity index is 2.34. The van der Waals surface area contributed by atoms with E-state index in [9.17, 15) is 10.1 Å². The van der Waals surface area contributed by atoms with E-state index >= 15 is 0 Å². The van der Waals surface area contributed by atoms with Gasteiger partial charge in [0, 0.05) is 24.3 Å². The number of rotatable bonds is 7. The van der Waals surface area contributed by atoms with Crippen molar-refractivity contribution in [2.45, 2.75) is 10.3 Å². The molecule has 0 saturated heterocycles. The van der Waals surface area contributed by atoms with Gasteiger partial charge in [0.25, 0.3) is 5.69 Å². The van der Waals surface area contributed by atoms with E-state index in [-0.39, 0.29) is 5.69 Å². The summed E-state index contributed by atoms with van der Waals surface area (Å²) in [7, 11) is 1.50. The van der Waals surface area contributed by atoms with Crippen LogP contribution in [-0.4, -0.2) is 17.5 Å². The largest absolute Gasteiger partial charge is 0.456 e. The molecule has 1 unspecified atom stereocenters. The Morgan fingerprint density at radius 1 is 1.29 bits per heavy atom. The van der Waals surface area contributed by atoms with Gasteiger partial charge >= 0.3 is 0 Å². The first-order chi connectivity index (χ1) is 11.4. The minimum absolute atomic E-state index is 0.0431. The molecule has 0 saturated carbocycles. The van der Waals surface area contributed by atoms with E-state index in [1.54, 1.807) is 30.3 Å². The molecule has 0 bridgehead atoms. The van der Waals surface area contributed by atoms with Gasteiger partial charge in [-0.3, -0.25) is 10.1 Å². The van der Waals surface area contributed by atoms with E-state index in [1.807, 2.05) is 0 Å². The van der Waals surface area contributed by atoms with E-state index in [0.717, 1.165) is 11.8 Å². The highest BCUT2D eigenvalue weighted by Crippen LogP contribution is 2.38. The van der Waals surface area contributed by atoms with Crippen LogP contribution in [0.15, 0.2) is 53.9 Å². The summed E-state index contributed by atoms with van der Waals surface area (Å²) in [6.45, 7) is 3.64. The fourth-order valence-corrected chi connectivity index (χ4v) is 3.14. The SMILES string of the molecule is C=CC(OC)Sc1cc(Oc2ccc(Cl)cc2Cl)ccc1[N+](=O)[O-]. The molecule has 0 spiro atoms. The maximum atomic E-state index is 11.2. The van der Waals surface area contributed by atoms with Crippen LogP contribution in [-0.2, 0) is 4.74 Å². The van der Waals surface area contributed by atoms with Gasteiger partial charge in [0.15, 0.2) is 0 Å². The lowest BCUT2D eigenvalue weighted by atomic mass is 10.3. The Kier molecular flexibility index (Phi) is 6.51. The second-order valence-electron chi connectivity index (χ2n) is 4.52. The van der Waals surface area contributed by atoms with Crippen molar-refractivity contribution in [1.82, 2.24) is 0 Å². The number of nitro groups is 1. The molecule has 0 aliphatic rings. The van der Waals surface area contributed by atoms with E-state index in [0.29, 0.717) is 26.4 Å². The van der Waals surface area contributed by atoms with Gasteiger partial charge in [0.2, 0.25) is 0 Å². The highest BCUT2D eigenvalue weighted by molar-refractivity contribution is 8.00. The first-order valence-electron chi connectivity index (χ1n) is 6.68. The van der Waals surface area contributed by atoms with Gasteiger partial charge in [-0.2, -0.15) is 0 Å². The predicted octanol–water partition coefficient (Wildman–Crippen LogP) is 5.94. The van der Waals surface area contributed by atoms with E-state index in [1.165, 1.54) is 19.2 Å². The monoisotopic (exact) mass is 385 g/mol. The topological polar surface area (TPSA) is 61.6 Å². The molecule has 5 nitrogen and oxygen atoms in total. The predicted molar refractivity (Wildman–Crippen MR) is 96.5 cm³/mol. The summed E-state index contributed by atoms with van der Waals surface area (Å²) in [5, 5.41) is 12.0. The van der Waals surface area contributed by atoms with Crippen LogP contribution in [0, 0.1) is 10.1 Å². The van der Waals surface area contributed by atoms with Gasteiger partial charge in [-0.15, -0.1) is 0 Å². The van der Waals surface area contributed by atoms with Crippen LogP contribution in [0.1, 0.15) is 0 Å².